The Balaban J connectivity index is 1.46. The summed E-state index contributed by atoms with van der Waals surface area (Å²) in [5, 5.41) is 3.20. The van der Waals surface area contributed by atoms with Gasteiger partial charge >= 0.3 is 0 Å². The average molecular weight is 432 g/mol. The zero-order valence-corrected chi connectivity index (χ0v) is 18.3. The third kappa shape index (κ3) is 5.22. The lowest BCUT2D eigenvalue weighted by molar-refractivity contribution is -0.141. The summed E-state index contributed by atoms with van der Waals surface area (Å²) in [6, 6.07) is 15.1. The van der Waals surface area contributed by atoms with Crippen molar-refractivity contribution < 1.29 is 9.59 Å². The van der Waals surface area contributed by atoms with Gasteiger partial charge in [-0.1, -0.05) is 43.3 Å². The molecule has 0 aliphatic carbocycles. The fourth-order valence-electron chi connectivity index (χ4n) is 4.32. The number of carbonyl (C=O) groups excluding carboxylic acids is 2. The Morgan fingerprint density at radius 1 is 1.09 bits per heavy atom. The molecule has 2 N–H and O–H groups in total. The number of benzene rings is 1. The Hall–Kier alpha value is -3.48. The van der Waals surface area contributed by atoms with Gasteiger partial charge in [-0.3, -0.25) is 14.6 Å². The van der Waals surface area contributed by atoms with Crippen molar-refractivity contribution in [3.8, 4) is 0 Å². The quantitative estimate of drug-likeness (QED) is 0.573. The summed E-state index contributed by atoms with van der Waals surface area (Å²) in [6.45, 7) is 2.51. The molecule has 166 valence electrons. The molecule has 2 aromatic heterocycles. The molecule has 3 aromatic rings. The van der Waals surface area contributed by atoms with Crippen molar-refractivity contribution in [1.29, 1.82) is 0 Å². The molecule has 1 aliphatic heterocycles. The number of amides is 2. The summed E-state index contributed by atoms with van der Waals surface area (Å²) in [5.41, 5.74) is 2.79. The maximum absolute atomic E-state index is 13.3. The average Bonchev–Trinajstić information content (AvgIpc) is 3.51. The van der Waals surface area contributed by atoms with Crippen molar-refractivity contribution in [2.45, 2.75) is 44.7 Å². The summed E-state index contributed by atoms with van der Waals surface area (Å²) in [7, 11) is 0. The highest BCUT2D eigenvalue weighted by Gasteiger charge is 2.36. The van der Waals surface area contributed by atoms with Gasteiger partial charge in [0.25, 0.3) is 0 Å². The van der Waals surface area contributed by atoms with Crippen LogP contribution in [0.15, 0.2) is 67.3 Å². The first-order valence-electron chi connectivity index (χ1n) is 11.1. The third-order valence-corrected chi connectivity index (χ3v) is 5.99. The SMILES string of the molecule is C[C@@H](Cc1c[nH]cn1)C(=O)N1CCC[C@H]1C(=O)N[C@@H](Cc1ccccn1)c1ccccc1. The van der Waals surface area contributed by atoms with Gasteiger partial charge in [-0.05, 0) is 30.5 Å². The summed E-state index contributed by atoms with van der Waals surface area (Å²) in [5.74, 6) is -0.329. The zero-order chi connectivity index (χ0) is 22.3. The fourth-order valence-corrected chi connectivity index (χ4v) is 4.32. The van der Waals surface area contributed by atoms with Gasteiger partial charge in [-0.15, -0.1) is 0 Å². The van der Waals surface area contributed by atoms with Gasteiger partial charge < -0.3 is 15.2 Å². The molecule has 1 aromatic carbocycles. The monoisotopic (exact) mass is 431 g/mol. The number of nitrogens with zero attached hydrogens (tertiary/aromatic N) is 3. The molecule has 32 heavy (non-hydrogen) atoms. The van der Waals surface area contributed by atoms with Crippen LogP contribution in [0.25, 0.3) is 0 Å². The summed E-state index contributed by atoms with van der Waals surface area (Å²) in [6.07, 6.45) is 7.83. The third-order valence-electron chi connectivity index (χ3n) is 5.99. The molecule has 0 unspecified atom stereocenters. The Bertz CT molecular complexity index is 1010. The van der Waals surface area contributed by atoms with E-state index in [1.807, 2.05) is 55.5 Å². The number of nitrogens with one attached hydrogen (secondary N) is 2. The number of aromatic amines is 1. The number of pyridine rings is 1. The number of aromatic nitrogens is 3. The van der Waals surface area contributed by atoms with Gasteiger partial charge in [0, 0.05) is 43.4 Å². The van der Waals surface area contributed by atoms with Crippen LogP contribution in [0.4, 0.5) is 0 Å². The van der Waals surface area contributed by atoms with Crippen LogP contribution >= 0.6 is 0 Å². The lowest BCUT2D eigenvalue weighted by atomic mass is 10.0. The van der Waals surface area contributed by atoms with Crippen molar-refractivity contribution >= 4 is 11.8 Å². The van der Waals surface area contributed by atoms with Gasteiger partial charge in [-0.25, -0.2) is 4.98 Å². The van der Waals surface area contributed by atoms with Gasteiger partial charge in [0.05, 0.1) is 18.1 Å². The second-order valence-corrected chi connectivity index (χ2v) is 8.35. The second-order valence-electron chi connectivity index (χ2n) is 8.35. The van der Waals surface area contributed by atoms with Gasteiger partial charge in [-0.2, -0.15) is 0 Å². The number of rotatable bonds is 8. The lowest BCUT2D eigenvalue weighted by Gasteiger charge is -2.28. The summed E-state index contributed by atoms with van der Waals surface area (Å²) >= 11 is 0. The molecule has 1 saturated heterocycles. The van der Waals surface area contributed by atoms with Crippen molar-refractivity contribution in [3.63, 3.8) is 0 Å². The van der Waals surface area contributed by atoms with Crippen molar-refractivity contribution in [2.24, 2.45) is 5.92 Å². The topological polar surface area (TPSA) is 91.0 Å². The van der Waals surface area contributed by atoms with Crippen LogP contribution in [0.3, 0.4) is 0 Å². The largest absolute Gasteiger partial charge is 0.351 e. The highest BCUT2D eigenvalue weighted by Crippen LogP contribution is 2.24. The van der Waals surface area contributed by atoms with E-state index in [1.165, 1.54) is 0 Å². The highest BCUT2D eigenvalue weighted by atomic mass is 16.2. The molecule has 7 nitrogen and oxygen atoms in total. The molecule has 3 atom stereocenters. The first kappa shape index (κ1) is 21.7. The molecule has 0 saturated carbocycles. The fraction of sp³-hybridized carbons (Fsp3) is 0.360. The van der Waals surface area contributed by atoms with E-state index >= 15 is 0 Å². The van der Waals surface area contributed by atoms with E-state index in [-0.39, 0.29) is 23.8 Å². The molecule has 2 amide bonds. The van der Waals surface area contributed by atoms with E-state index in [0.29, 0.717) is 25.8 Å². The molecule has 0 radical (unpaired) electrons. The summed E-state index contributed by atoms with van der Waals surface area (Å²) < 4.78 is 0. The number of hydrogen-bond acceptors (Lipinski definition) is 4. The number of likely N-dealkylation sites (tertiary alicyclic amines) is 1. The van der Waals surface area contributed by atoms with E-state index in [4.69, 9.17) is 0 Å². The van der Waals surface area contributed by atoms with E-state index in [9.17, 15) is 9.59 Å². The number of imidazole rings is 1. The van der Waals surface area contributed by atoms with Crippen LogP contribution in [0.2, 0.25) is 0 Å². The Labute approximate surface area is 188 Å². The smallest absolute Gasteiger partial charge is 0.243 e. The molecule has 1 aliphatic rings. The molecule has 1 fully saturated rings. The Morgan fingerprint density at radius 2 is 1.91 bits per heavy atom. The first-order chi connectivity index (χ1) is 15.6. The van der Waals surface area contributed by atoms with Crippen LogP contribution < -0.4 is 5.32 Å². The number of H-pyrrole nitrogens is 1. The predicted molar refractivity (Wildman–Crippen MR) is 121 cm³/mol. The first-order valence-corrected chi connectivity index (χ1v) is 11.1. The highest BCUT2D eigenvalue weighted by molar-refractivity contribution is 5.89. The number of hydrogen-bond donors (Lipinski definition) is 2. The van der Waals surface area contributed by atoms with Crippen LogP contribution in [-0.4, -0.2) is 44.3 Å². The van der Waals surface area contributed by atoms with Crippen molar-refractivity contribution in [2.75, 3.05) is 6.54 Å². The van der Waals surface area contributed by atoms with E-state index in [0.717, 1.165) is 23.4 Å². The van der Waals surface area contributed by atoms with Crippen LogP contribution in [-0.2, 0) is 22.4 Å². The van der Waals surface area contributed by atoms with Gasteiger partial charge in [0.2, 0.25) is 11.8 Å². The maximum Gasteiger partial charge on any atom is 0.243 e. The standard InChI is InChI=1S/C25H29N5O2/c1-18(14-21-16-26-17-28-21)25(32)30-13-7-11-23(30)24(31)29-22(19-8-3-2-4-9-19)15-20-10-5-6-12-27-20/h2-6,8-10,12,16-18,22-23H,7,11,13-15H2,1H3,(H,26,28)(H,29,31)/t18-,22-,23-/m0/s1. The van der Waals surface area contributed by atoms with E-state index in [2.05, 4.69) is 20.3 Å². The molecule has 0 spiro atoms. The maximum atomic E-state index is 13.3. The lowest BCUT2D eigenvalue weighted by Crippen LogP contribution is -2.48. The van der Waals surface area contributed by atoms with Crippen molar-refractivity contribution in [3.05, 3.63) is 84.2 Å². The van der Waals surface area contributed by atoms with Gasteiger partial charge in [0.1, 0.15) is 6.04 Å². The molecular formula is C25H29N5O2. The molecule has 7 heteroatoms. The second kappa shape index (κ2) is 10.2. The van der Waals surface area contributed by atoms with Gasteiger partial charge in [0.15, 0.2) is 0 Å². The number of carbonyl (C=O) groups is 2. The van der Waals surface area contributed by atoms with E-state index < -0.39 is 6.04 Å². The van der Waals surface area contributed by atoms with Crippen LogP contribution in [0.5, 0.6) is 0 Å². The Kier molecular flexibility index (Phi) is 6.94. The minimum absolute atomic E-state index is 0.00615. The summed E-state index contributed by atoms with van der Waals surface area (Å²) in [4.78, 5) is 39.8. The normalized spacial score (nSPS) is 17.7. The van der Waals surface area contributed by atoms with Crippen LogP contribution in [0.1, 0.15) is 42.8 Å². The minimum Gasteiger partial charge on any atom is -0.351 e. The van der Waals surface area contributed by atoms with Crippen LogP contribution in [0, 0.1) is 5.92 Å². The Morgan fingerprint density at radius 3 is 2.62 bits per heavy atom. The zero-order valence-electron chi connectivity index (χ0n) is 18.3. The van der Waals surface area contributed by atoms with Crippen molar-refractivity contribution in [1.82, 2.24) is 25.2 Å². The molecular weight excluding hydrogens is 402 g/mol. The van der Waals surface area contributed by atoms with E-state index in [1.54, 1.807) is 23.6 Å². The molecule has 4 rings (SSSR count). The predicted octanol–water partition coefficient (Wildman–Crippen LogP) is 3.07. The molecule has 3 heterocycles. The molecule has 0 bridgehead atoms. The minimum atomic E-state index is -0.445.